The van der Waals surface area contributed by atoms with Crippen molar-refractivity contribution in [2.24, 2.45) is 0 Å². The summed E-state index contributed by atoms with van der Waals surface area (Å²) < 4.78 is 7.72. The second kappa shape index (κ2) is 7.68. The van der Waals surface area contributed by atoms with Crippen LogP contribution in [-0.4, -0.2) is 33.9 Å². The number of aryl methyl sites for hydroxylation is 1. The molecule has 2 aromatic heterocycles. The maximum Gasteiger partial charge on any atom is 0.166 e. The van der Waals surface area contributed by atoms with Gasteiger partial charge in [-0.2, -0.15) is 9.61 Å². The molecule has 0 bridgehead atoms. The highest BCUT2D eigenvalue weighted by Gasteiger charge is 2.19. The minimum Gasteiger partial charge on any atom is -0.376 e. The van der Waals surface area contributed by atoms with Crippen LogP contribution in [0.5, 0.6) is 0 Å². The first kappa shape index (κ1) is 17.9. The number of benzene rings is 2. The number of hydrogen-bond acceptors (Lipinski definition) is 4. The summed E-state index contributed by atoms with van der Waals surface area (Å²) in [6.07, 6.45) is 2.48. The number of nitrogens with one attached hydrogen (secondary N) is 1. The maximum atomic E-state index is 5.79. The lowest BCUT2D eigenvalue weighted by molar-refractivity contribution is 0.120. The molecule has 0 saturated carbocycles. The van der Waals surface area contributed by atoms with Crippen molar-refractivity contribution in [1.82, 2.24) is 14.6 Å². The molecule has 0 aliphatic carbocycles. The Balaban J connectivity index is 1.65. The Morgan fingerprint density at radius 3 is 2.45 bits per heavy atom. The zero-order chi connectivity index (χ0) is 19.6. The summed E-state index contributed by atoms with van der Waals surface area (Å²) in [5.41, 5.74) is 6.06. The first-order chi connectivity index (χ1) is 14.3. The summed E-state index contributed by atoms with van der Waals surface area (Å²) in [6, 6.07) is 22.7. The second-order valence-corrected chi connectivity index (χ2v) is 7.47. The predicted octanol–water partition coefficient (Wildman–Crippen LogP) is 4.96. The van der Waals surface area contributed by atoms with E-state index in [1.807, 2.05) is 35.7 Å². The normalized spacial score (nSPS) is 16.4. The lowest BCUT2D eigenvalue weighted by Gasteiger charge is -2.14. The van der Waals surface area contributed by atoms with Crippen molar-refractivity contribution in [3.63, 3.8) is 0 Å². The standard InChI is InChI=1S/C24H24N4O/c1-17-23(19-11-6-3-7-12-19)24-26-21(18-9-4-2-5-10-18)15-22(28(24)27-17)25-16-20-13-8-14-29-20/h2-7,9-12,15,20,25H,8,13-14,16H2,1H3. The van der Waals surface area contributed by atoms with Crippen LogP contribution in [-0.2, 0) is 4.74 Å². The average molecular weight is 384 g/mol. The van der Waals surface area contributed by atoms with Gasteiger partial charge in [0.15, 0.2) is 5.65 Å². The maximum absolute atomic E-state index is 5.79. The Morgan fingerprint density at radius 1 is 1.03 bits per heavy atom. The van der Waals surface area contributed by atoms with Crippen LogP contribution in [0.3, 0.4) is 0 Å². The fourth-order valence-electron chi connectivity index (χ4n) is 3.97. The van der Waals surface area contributed by atoms with E-state index in [1.165, 1.54) is 0 Å². The van der Waals surface area contributed by atoms with Crippen LogP contribution in [0.15, 0.2) is 66.7 Å². The lowest BCUT2D eigenvalue weighted by atomic mass is 10.1. The van der Waals surface area contributed by atoms with E-state index in [9.17, 15) is 0 Å². The quantitative estimate of drug-likeness (QED) is 0.528. The van der Waals surface area contributed by atoms with Crippen LogP contribution in [0.4, 0.5) is 5.82 Å². The number of aromatic nitrogens is 3. The molecule has 1 N–H and O–H groups in total. The van der Waals surface area contributed by atoms with Gasteiger partial charge in [0.1, 0.15) is 5.82 Å². The third kappa shape index (κ3) is 3.49. The van der Waals surface area contributed by atoms with Crippen molar-refractivity contribution >= 4 is 11.5 Å². The van der Waals surface area contributed by atoms with Gasteiger partial charge in [-0.3, -0.25) is 0 Å². The summed E-state index contributed by atoms with van der Waals surface area (Å²) in [6.45, 7) is 3.67. The molecule has 5 rings (SSSR count). The SMILES string of the molecule is Cc1nn2c(NCC3CCCO3)cc(-c3ccccc3)nc2c1-c1ccccc1. The largest absolute Gasteiger partial charge is 0.376 e. The monoisotopic (exact) mass is 384 g/mol. The van der Waals surface area contributed by atoms with Crippen LogP contribution >= 0.6 is 0 Å². The number of nitrogens with zero attached hydrogens (tertiary/aromatic N) is 3. The van der Waals surface area contributed by atoms with Gasteiger partial charge in [0, 0.05) is 30.3 Å². The molecule has 1 aliphatic rings. The molecule has 3 heterocycles. The molecule has 1 atom stereocenters. The Hall–Kier alpha value is -3.18. The molecule has 0 spiro atoms. The van der Waals surface area contributed by atoms with Crippen molar-refractivity contribution in [2.45, 2.75) is 25.9 Å². The summed E-state index contributed by atoms with van der Waals surface area (Å²) in [5.74, 6) is 0.939. The smallest absolute Gasteiger partial charge is 0.166 e. The average Bonchev–Trinajstić information content (AvgIpc) is 3.40. The highest BCUT2D eigenvalue weighted by molar-refractivity contribution is 5.82. The fourth-order valence-corrected chi connectivity index (χ4v) is 3.97. The molecule has 29 heavy (non-hydrogen) atoms. The summed E-state index contributed by atoms with van der Waals surface area (Å²) in [4.78, 5) is 5.01. The van der Waals surface area contributed by atoms with Gasteiger partial charge in [0.25, 0.3) is 0 Å². The molecule has 1 fully saturated rings. The molecule has 0 amide bonds. The van der Waals surface area contributed by atoms with E-state index in [0.29, 0.717) is 0 Å². The minimum absolute atomic E-state index is 0.253. The summed E-state index contributed by atoms with van der Waals surface area (Å²) in [7, 11) is 0. The molecule has 146 valence electrons. The van der Waals surface area contributed by atoms with Gasteiger partial charge in [0.2, 0.25) is 0 Å². The Labute approximate surface area is 170 Å². The second-order valence-electron chi connectivity index (χ2n) is 7.47. The Morgan fingerprint density at radius 2 is 1.76 bits per heavy atom. The molecule has 1 saturated heterocycles. The van der Waals surface area contributed by atoms with Crippen molar-refractivity contribution in [2.75, 3.05) is 18.5 Å². The van der Waals surface area contributed by atoms with Gasteiger partial charge in [0.05, 0.1) is 17.5 Å². The van der Waals surface area contributed by atoms with Crippen LogP contribution in [0.1, 0.15) is 18.5 Å². The van der Waals surface area contributed by atoms with Gasteiger partial charge in [-0.25, -0.2) is 4.98 Å². The number of fused-ring (bicyclic) bond motifs is 1. The molecule has 5 heteroatoms. The van der Waals surface area contributed by atoms with E-state index in [2.05, 4.69) is 47.8 Å². The van der Waals surface area contributed by atoms with Gasteiger partial charge in [-0.15, -0.1) is 0 Å². The van der Waals surface area contributed by atoms with Crippen LogP contribution in [0.25, 0.3) is 28.0 Å². The van der Waals surface area contributed by atoms with Crippen molar-refractivity contribution in [3.05, 3.63) is 72.4 Å². The number of anilines is 1. The van der Waals surface area contributed by atoms with Crippen LogP contribution in [0.2, 0.25) is 0 Å². The van der Waals surface area contributed by atoms with Gasteiger partial charge in [-0.05, 0) is 25.3 Å². The third-order valence-corrected chi connectivity index (χ3v) is 5.43. The topological polar surface area (TPSA) is 51.5 Å². The van der Waals surface area contributed by atoms with Crippen LogP contribution in [0, 0.1) is 6.92 Å². The van der Waals surface area contributed by atoms with Crippen LogP contribution < -0.4 is 5.32 Å². The van der Waals surface area contributed by atoms with E-state index < -0.39 is 0 Å². The third-order valence-electron chi connectivity index (χ3n) is 5.43. The molecular weight excluding hydrogens is 360 g/mol. The number of hydrogen-bond donors (Lipinski definition) is 1. The molecule has 4 aromatic rings. The first-order valence-electron chi connectivity index (χ1n) is 10.2. The van der Waals surface area contributed by atoms with E-state index in [-0.39, 0.29) is 6.10 Å². The molecule has 5 nitrogen and oxygen atoms in total. The van der Waals surface area contributed by atoms with Gasteiger partial charge >= 0.3 is 0 Å². The van der Waals surface area contributed by atoms with E-state index in [4.69, 9.17) is 14.8 Å². The number of rotatable bonds is 5. The van der Waals surface area contributed by atoms with E-state index in [1.54, 1.807) is 0 Å². The van der Waals surface area contributed by atoms with Crippen molar-refractivity contribution < 1.29 is 4.74 Å². The highest BCUT2D eigenvalue weighted by atomic mass is 16.5. The van der Waals surface area contributed by atoms with E-state index >= 15 is 0 Å². The minimum atomic E-state index is 0.253. The van der Waals surface area contributed by atoms with Crippen molar-refractivity contribution in [1.29, 1.82) is 0 Å². The van der Waals surface area contributed by atoms with E-state index in [0.717, 1.165) is 65.5 Å². The van der Waals surface area contributed by atoms with Gasteiger partial charge in [-0.1, -0.05) is 60.7 Å². The first-order valence-corrected chi connectivity index (χ1v) is 10.2. The van der Waals surface area contributed by atoms with Crippen molar-refractivity contribution in [3.8, 4) is 22.4 Å². The summed E-state index contributed by atoms with van der Waals surface area (Å²) >= 11 is 0. The molecule has 1 unspecified atom stereocenters. The predicted molar refractivity (Wildman–Crippen MR) is 116 cm³/mol. The molecule has 1 aliphatic heterocycles. The number of ether oxygens (including phenoxy) is 1. The van der Waals surface area contributed by atoms with Gasteiger partial charge < -0.3 is 10.1 Å². The fraction of sp³-hybridized carbons (Fsp3) is 0.250. The molecular formula is C24H24N4O. The zero-order valence-electron chi connectivity index (χ0n) is 16.5. The zero-order valence-corrected chi connectivity index (χ0v) is 16.5. The Bertz CT molecular complexity index is 1120. The molecule has 0 radical (unpaired) electrons. The highest BCUT2D eigenvalue weighted by Crippen LogP contribution is 2.31. The lowest BCUT2D eigenvalue weighted by Crippen LogP contribution is -2.20. The Kier molecular flexibility index (Phi) is 4.74. The summed E-state index contributed by atoms with van der Waals surface area (Å²) in [5, 5.41) is 8.39. The molecule has 2 aromatic carbocycles.